The van der Waals surface area contributed by atoms with Crippen molar-refractivity contribution in [1.82, 2.24) is 10.3 Å². The second-order valence-electron chi connectivity index (χ2n) is 9.21. The van der Waals surface area contributed by atoms with Crippen LogP contribution in [0.15, 0.2) is 73.1 Å². The summed E-state index contributed by atoms with van der Waals surface area (Å²) in [6, 6.07) is 19.0. The number of nitrogens with zero attached hydrogens (tertiary/aromatic N) is 2. The number of benzene rings is 2. The van der Waals surface area contributed by atoms with Crippen molar-refractivity contribution in [3.8, 4) is 11.1 Å². The zero-order chi connectivity index (χ0) is 23.4. The lowest BCUT2D eigenvalue weighted by Crippen LogP contribution is -2.50. The van der Waals surface area contributed by atoms with Crippen LogP contribution in [0.25, 0.3) is 11.1 Å². The van der Waals surface area contributed by atoms with Crippen LogP contribution in [0.5, 0.6) is 0 Å². The molecule has 0 unspecified atom stereocenters. The standard InChI is InChI=1S/C27H29N3O3/c1-27(2,3)33-26(32)29-23(17-19-7-5-4-6-8-19)25(31)30-16-13-22-18-21(9-10-24(22)30)20-11-14-28-15-12-20/h4-12,14-15,18,23H,13,16-17H2,1-3H3,(H,29,32)/t23-/m0/s1. The van der Waals surface area contributed by atoms with Crippen LogP contribution in [-0.4, -0.2) is 35.2 Å². The average Bonchev–Trinajstić information content (AvgIpc) is 3.21. The number of carbonyl (C=O) groups is 2. The number of pyridine rings is 1. The Morgan fingerprint density at radius 1 is 1.03 bits per heavy atom. The first-order valence-corrected chi connectivity index (χ1v) is 11.2. The number of alkyl carbamates (subject to hydrolysis) is 1. The molecule has 0 spiro atoms. The Morgan fingerprint density at radius 2 is 1.76 bits per heavy atom. The topological polar surface area (TPSA) is 71.5 Å². The number of rotatable bonds is 5. The van der Waals surface area contributed by atoms with E-state index in [1.54, 1.807) is 38.1 Å². The Bertz CT molecular complexity index is 1120. The van der Waals surface area contributed by atoms with Crippen LogP contribution in [0.3, 0.4) is 0 Å². The highest BCUT2D eigenvalue weighted by Gasteiger charge is 2.32. The molecule has 6 nitrogen and oxygen atoms in total. The van der Waals surface area contributed by atoms with Gasteiger partial charge < -0.3 is 15.0 Å². The minimum atomic E-state index is -0.729. The maximum atomic E-state index is 13.6. The van der Waals surface area contributed by atoms with Crippen LogP contribution in [-0.2, 0) is 22.4 Å². The molecule has 1 aliphatic rings. The van der Waals surface area contributed by atoms with E-state index in [0.717, 1.165) is 34.4 Å². The van der Waals surface area contributed by atoms with Gasteiger partial charge in [-0.1, -0.05) is 36.4 Å². The molecule has 0 bridgehead atoms. The number of anilines is 1. The van der Waals surface area contributed by atoms with E-state index in [4.69, 9.17) is 4.74 Å². The molecule has 1 aliphatic heterocycles. The van der Waals surface area contributed by atoms with Gasteiger partial charge >= 0.3 is 6.09 Å². The smallest absolute Gasteiger partial charge is 0.408 e. The molecule has 2 aromatic carbocycles. The predicted molar refractivity (Wildman–Crippen MR) is 129 cm³/mol. The summed E-state index contributed by atoms with van der Waals surface area (Å²) in [4.78, 5) is 32.0. The number of aromatic nitrogens is 1. The van der Waals surface area contributed by atoms with Crippen LogP contribution >= 0.6 is 0 Å². The maximum Gasteiger partial charge on any atom is 0.408 e. The molecular weight excluding hydrogens is 414 g/mol. The SMILES string of the molecule is CC(C)(C)OC(=O)N[C@@H](Cc1ccccc1)C(=O)N1CCc2cc(-c3ccncc3)ccc21. The van der Waals surface area contributed by atoms with Crippen LogP contribution in [0.1, 0.15) is 31.9 Å². The third-order valence-electron chi connectivity index (χ3n) is 5.53. The summed E-state index contributed by atoms with van der Waals surface area (Å²) in [7, 11) is 0. The second-order valence-corrected chi connectivity index (χ2v) is 9.21. The Balaban J connectivity index is 1.57. The maximum absolute atomic E-state index is 13.6. The molecule has 33 heavy (non-hydrogen) atoms. The monoisotopic (exact) mass is 443 g/mol. The van der Waals surface area contributed by atoms with Crippen molar-refractivity contribution < 1.29 is 14.3 Å². The molecule has 2 heterocycles. The highest BCUT2D eigenvalue weighted by molar-refractivity contribution is 6.00. The summed E-state index contributed by atoms with van der Waals surface area (Å²) >= 11 is 0. The van der Waals surface area contributed by atoms with Crippen molar-refractivity contribution >= 4 is 17.7 Å². The van der Waals surface area contributed by atoms with Gasteiger partial charge in [-0.3, -0.25) is 9.78 Å². The Hall–Kier alpha value is -3.67. The van der Waals surface area contributed by atoms with Gasteiger partial charge in [0.15, 0.2) is 0 Å². The first-order valence-electron chi connectivity index (χ1n) is 11.2. The summed E-state index contributed by atoms with van der Waals surface area (Å²) in [5, 5.41) is 2.81. The van der Waals surface area contributed by atoms with Gasteiger partial charge in [0.25, 0.3) is 0 Å². The van der Waals surface area contributed by atoms with Crippen LogP contribution in [0, 0.1) is 0 Å². The molecule has 3 aromatic rings. The minimum Gasteiger partial charge on any atom is -0.444 e. The van der Waals surface area contributed by atoms with E-state index in [0.29, 0.717) is 13.0 Å². The number of amides is 2. The summed E-state index contributed by atoms with van der Waals surface area (Å²) in [5.74, 6) is -0.139. The number of carbonyl (C=O) groups excluding carboxylic acids is 2. The lowest BCUT2D eigenvalue weighted by molar-refractivity contribution is -0.120. The van der Waals surface area contributed by atoms with Crippen molar-refractivity contribution in [2.24, 2.45) is 0 Å². The van der Waals surface area contributed by atoms with E-state index in [2.05, 4.69) is 16.4 Å². The molecular formula is C27H29N3O3. The molecule has 0 saturated heterocycles. The molecule has 0 radical (unpaired) electrons. The largest absolute Gasteiger partial charge is 0.444 e. The number of hydrogen-bond acceptors (Lipinski definition) is 4. The molecule has 0 fully saturated rings. The van der Waals surface area contributed by atoms with Gasteiger partial charge in [0.05, 0.1) is 0 Å². The van der Waals surface area contributed by atoms with Gasteiger partial charge in [-0.15, -0.1) is 0 Å². The highest BCUT2D eigenvalue weighted by atomic mass is 16.6. The van der Waals surface area contributed by atoms with E-state index < -0.39 is 17.7 Å². The van der Waals surface area contributed by atoms with Gasteiger partial charge in [0.1, 0.15) is 11.6 Å². The van der Waals surface area contributed by atoms with Gasteiger partial charge in [0, 0.05) is 31.0 Å². The van der Waals surface area contributed by atoms with Crippen molar-refractivity contribution in [1.29, 1.82) is 0 Å². The molecule has 0 saturated carbocycles. The zero-order valence-electron chi connectivity index (χ0n) is 19.2. The van der Waals surface area contributed by atoms with Gasteiger partial charge in [-0.05, 0) is 73.7 Å². The fourth-order valence-corrected chi connectivity index (χ4v) is 4.04. The van der Waals surface area contributed by atoms with E-state index in [1.807, 2.05) is 54.6 Å². The summed E-state index contributed by atoms with van der Waals surface area (Å²) < 4.78 is 5.43. The van der Waals surface area contributed by atoms with Crippen molar-refractivity contribution in [2.75, 3.05) is 11.4 Å². The Labute approximate surface area is 194 Å². The minimum absolute atomic E-state index is 0.139. The predicted octanol–water partition coefficient (Wildman–Crippen LogP) is 4.77. The Morgan fingerprint density at radius 3 is 2.45 bits per heavy atom. The fourth-order valence-electron chi connectivity index (χ4n) is 4.04. The number of hydrogen-bond donors (Lipinski definition) is 1. The molecule has 0 aliphatic carbocycles. The average molecular weight is 444 g/mol. The summed E-state index contributed by atoms with van der Waals surface area (Å²) in [6.45, 7) is 5.99. The molecule has 4 rings (SSSR count). The van der Waals surface area contributed by atoms with Crippen molar-refractivity contribution in [3.63, 3.8) is 0 Å². The highest BCUT2D eigenvalue weighted by Crippen LogP contribution is 2.33. The van der Waals surface area contributed by atoms with E-state index in [1.165, 1.54) is 0 Å². The van der Waals surface area contributed by atoms with Crippen LogP contribution < -0.4 is 10.2 Å². The van der Waals surface area contributed by atoms with Gasteiger partial charge in [0.2, 0.25) is 5.91 Å². The fraction of sp³-hybridized carbons (Fsp3) is 0.296. The number of fused-ring (bicyclic) bond motifs is 1. The first-order chi connectivity index (χ1) is 15.8. The number of nitrogens with one attached hydrogen (secondary N) is 1. The van der Waals surface area contributed by atoms with Crippen LogP contribution in [0.4, 0.5) is 10.5 Å². The number of ether oxygens (including phenoxy) is 1. The van der Waals surface area contributed by atoms with E-state index in [9.17, 15) is 9.59 Å². The van der Waals surface area contributed by atoms with Crippen molar-refractivity contribution in [2.45, 2.75) is 45.3 Å². The zero-order valence-corrected chi connectivity index (χ0v) is 19.2. The molecule has 170 valence electrons. The van der Waals surface area contributed by atoms with Crippen molar-refractivity contribution in [3.05, 3.63) is 84.2 Å². The lowest BCUT2D eigenvalue weighted by atomic mass is 10.0. The second kappa shape index (κ2) is 9.45. The van der Waals surface area contributed by atoms with E-state index >= 15 is 0 Å². The quantitative estimate of drug-likeness (QED) is 0.616. The third-order valence-corrected chi connectivity index (χ3v) is 5.53. The first kappa shape index (κ1) is 22.5. The molecule has 1 aromatic heterocycles. The molecule has 6 heteroatoms. The molecule has 1 N–H and O–H groups in total. The summed E-state index contributed by atoms with van der Waals surface area (Å²) in [5.41, 5.74) is 4.52. The van der Waals surface area contributed by atoms with E-state index in [-0.39, 0.29) is 5.91 Å². The lowest BCUT2D eigenvalue weighted by Gasteiger charge is -2.27. The van der Waals surface area contributed by atoms with Gasteiger partial charge in [-0.25, -0.2) is 4.79 Å². The third kappa shape index (κ3) is 5.58. The molecule has 2 amide bonds. The molecule has 1 atom stereocenters. The van der Waals surface area contributed by atoms with Gasteiger partial charge in [-0.2, -0.15) is 0 Å². The summed E-state index contributed by atoms with van der Waals surface area (Å²) in [6.07, 6.45) is 4.11. The normalized spacial score (nSPS) is 13.8. The Kier molecular flexibility index (Phi) is 6.45. The van der Waals surface area contributed by atoms with Crippen LogP contribution in [0.2, 0.25) is 0 Å².